The van der Waals surface area contributed by atoms with Gasteiger partial charge in [-0.15, -0.1) is 11.6 Å². The van der Waals surface area contributed by atoms with Gasteiger partial charge in [0.15, 0.2) is 11.6 Å². The maximum absolute atomic E-state index is 12.7. The average molecular weight is 221 g/mol. The number of alkyl halides is 1. The van der Waals surface area contributed by atoms with Crippen LogP contribution in [0.2, 0.25) is 0 Å². The minimum atomic E-state index is -0.902. The number of hydrogen-bond donors (Lipinski definition) is 0. The molecule has 0 aliphatic heterocycles. The largest absolute Gasteiger partial charge is 0.493 e. The van der Waals surface area contributed by atoms with Gasteiger partial charge in [-0.05, 0) is 12.1 Å². The molecular weight excluding hydrogens is 210 g/mol. The van der Waals surface area contributed by atoms with Crippen molar-refractivity contribution in [1.82, 2.24) is 0 Å². The predicted octanol–water partition coefficient (Wildman–Crippen LogP) is 3.22. The molecule has 0 amide bonds. The number of rotatable bonds is 4. The van der Waals surface area contributed by atoms with Crippen molar-refractivity contribution in [3.05, 3.63) is 29.8 Å². The Morgan fingerprint density at radius 2 is 2.07 bits per heavy atom. The molecule has 0 aliphatic carbocycles. The fourth-order valence-corrected chi connectivity index (χ4v) is 0.939. The SMILES string of the molecule is CC(CCl)COc1ccc(F)c(F)c1. The molecular formula is C10H11ClF2O. The van der Waals surface area contributed by atoms with E-state index in [0.717, 1.165) is 12.1 Å². The minimum absolute atomic E-state index is 0.185. The van der Waals surface area contributed by atoms with Crippen LogP contribution in [-0.4, -0.2) is 12.5 Å². The van der Waals surface area contributed by atoms with Gasteiger partial charge in [0.2, 0.25) is 0 Å². The summed E-state index contributed by atoms with van der Waals surface area (Å²) < 4.78 is 30.4. The summed E-state index contributed by atoms with van der Waals surface area (Å²) in [6, 6.07) is 3.45. The Hall–Kier alpha value is -0.830. The van der Waals surface area contributed by atoms with Gasteiger partial charge in [0.1, 0.15) is 5.75 Å². The summed E-state index contributed by atoms with van der Waals surface area (Å²) in [5, 5.41) is 0. The van der Waals surface area contributed by atoms with Gasteiger partial charge in [-0.2, -0.15) is 0 Å². The molecule has 0 saturated carbocycles. The van der Waals surface area contributed by atoms with Crippen molar-refractivity contribution in [3.63, 3.8) is 0 Å². The van der Waals surface area contributed by atoms with Crippen LogP contribution in [0.3, 0.4) is 0 Å². The van der Waals surface area contributed by atoms with Gasteiger partial charge in [0, 0.05) is 17.9 Å². The standard InChI is InChI=1S/C10H11ClF2O/c1-7(5-11)6-14-8-2-3-9(12)10(13)4-8/h2-4,7H,5-6H2,1H3. The Morgan fingerprint density at radius 1 is 1.36 bits per heavy atom. The van der Waals surface area contributed by atoms with Crippen molar-refractivity contribution >= 4 is 11.6 Å². The molecule has 1 aromatic carbocycles. The highest BCUT2D eigenvalue weighted by molar-refractivity contribution is 6.18. The van der Waals surface area contributed by atoms with Crippen LogP contribution in [0, 0.1) is 17.6 Å². The first kappa shape index (κ1) is 11.2. The van der Waals surface area contributed by atoms with E-state index < -0.39 is 11.6 Å². The van der Waals surface area contributed by atoms with Crippen LogP contribution in [0.1, 0.15) is 6.92 Å². The molecule has 0 N–H and O–H groups in total. The van der Waals surface area contributed by atoms with Crippen LogP contribution in [-0.2, 0) is 0 Å². The molecule has 4 heteroatoms. The molecule has 1 aromatic rings. The third-order valence-electron chi connectivity index (χ3n) is 1.69. The lowest BCUT2D eigenvalue weighted by molar-refractivity contribution is 0.271. The Bertz CT molecular complexity index is 304. The second kappa shape index (κ2) is 5.15. The number of hydrogen-bond acceptors (Lipinski definition) is 1. The molecule has 0 bridgehead atoms. The molecule has 0 aromatic heterocycles. The lowest BCUT2D eigenvalue weighted by Gasteiger charge is -2.09. The van der Waals surface area contributed by atoms with Crippen LogP contribution in [0.4, 0.5) is 8.78 Å². The lowest BCUT2D eigenvalue weighted by atomic mass is 10.2. The Morgan fingerprint density at radius 3 is 2.64 bits per heavy atom. The summed E-state index contributed by atoms with van der Waals surface area (Å²) in [5.41, 5.74) is 0. The smallest absolute Gasteiger partial charge is 0.162 e. The zero-order chi connectivity index (χ0) is 10.6. The van der Waals surface area contributed by atoms with Crippen molar-refractivity contribution in [2.45, 2.75) is 6.92 Å². The summed E-state index contributed by atoms with van der Waals surface area (Å²) in [7, 11) is 0. The van der Waals surface area contributed by atoms with Gasteiger partial charge >= 0.3 is 0 Å². The van der Waals surface area contributed by atoms with Crippen LogP contribution in [0.5, 0.6) is 5.75 Å². The highest BCUT2D eigenvalue weighted by Crippen LogP contribution is 2.16. The highest BCUT2D eigenvalue weighted by atomic mass is 35.5. The molecule has 0 saturated heterocycles. The fraction of sp³-hybridized carbons (Fsp3) is 0.400. The minimum Gasteiger partial charge on any atom is -0.493 e. The van der Waals surface area contributed by atoms with Crippen molar-refractivity contribution < 1.29 is 13.5 Å². The molecule has 0 fully saturated rings. The molecule has 0 radical (unpaired) electrons. The van der Waals surface area contributed by atoms with Crippen molar-refractivity contribution in [3.8, 4) is 5.75 Å². The molecule has 78 valence electrons. The maximum atomic E-state index is 12.7. The topological polar surface area (TPSA) is 9.23 Å². The second-order valence-electron chi connectivity index (χ2n) is 3.15. The number of benzene rings is 1. The molecule has 0 heterocycles. The number of halogens is 3. The monoisotopic (exact) mass is 220 g/mol. The lowest BCUT2D eigenvalue weighted by Crippen LogP contribution is -2.09. The Kier molecular flexibility index (Phi) is 4.14. The van der Waals surface area contributed by atoms with E-state index in [0.29, 0.717) is 18.2 Å². The van der Waals surface area contributed by atoms with Gasteiger partial charge in [0.05, 0.1) is 6.61 Å². The molecule has 0 spiro atoms. The summed E-state index contributed by atoms with van der Waals surface area (Å²) in [6.07, 6.45) is 0. The van der Waals surface area contributed by atoms with Gasteiger partial charge in [-0.25, -0.2) is 8.78 Å². The zero-order valence-corrected chi connectivity index (χ0v) is 8.52. The third kappa shape index (κ3) is 3.14. The first-order valence-electron chi connectivity index (χ1n) is 4.27. The van der Waals surface area contributed by atoms with E-state index in [1.54, 1.807) is 0 Å². The average Bonchev–Trinajstić information content (AvgIpc) is 2.19. The van der Waals surface area contributed by atoms with Crippen molar-refractivity contribution in [2.24, 2.45) is 5.92 Å². The first-order chi connectivity index (χ1) is 6.63. The van der Waals surface area contributed by atoms with E-state index in [4.69, 9.17) is 16.3 Å². The van der Waals surface area contributed by atoms with E-state index in [2.05, 4.69) is 0 Å². The van der Waals surface area contributed by atoms with Gasteiger partial charge < -0.3 is 4.74 Å². The fourth-order valence-electron chi connectivity index (χ4n) is 0.850. The second-order valence-corrected chi connectivity index (χ2v) is 3.46. The maximum Gasteiger partial charge on any atom is 0.162 e. The molecule has 1 unspecified atom stereocenters. The normalized spacial score (nSPS) is 12.6. The van der Waals surface area contributed by atoms with E-state index >= 15 is 0 Å². The van der Waals surface area contributed by atoms with Crippen LogP contribution < -0.4 is 4.74 Å². The summed E-state index contributed by atoms with van der Waals surface area (Å²) in [6.45, 7) is 2.31. The van der Waals surface area contributed by atoms with Crippen LogP contribution in [0.15, 0.2) is 18.2 Å². The Balaban J connectivity index is 2.55. The van der Waals surface area contributed by atoms with E-state index in [9.17, 15) is 8.78 Å². The quantitative estimate of drug-likeness (QED) is 0.708. The van der Waals surface area contributed by atoms with E-state index in [-0.39, 0.29) is 5.92 Å². The summed E-state index contributed by atoms with van der Waals surface area (Å²) >= 11 is 5.56. The molecule has 1 atom stereocenters. The van der Waals surface area contributed by atoms with Gasteiger partial charge in [0.25, 0.3) is 0 Å². The predicted molar refractivity (Wildman–Crippen MR) is 51.7 cm³/mol. The van der Waals surface area contributed by atoms with Crippen molar-refractivity contribution in [1.29, 1.82) is 0 Å². The van der Waals surface area contributed by atoms with Gasteiger partial charge in [-0.3, -0.25) is 0 Å². The van der Waals surface area contributed by atoms with E-state index in [1.807, 2.05) is 6.92 Å². The number of ether oxygens (including phenoxy) is 1. The van der Waals surface area contributed by atoms with E-state index in [1.165, 1.54) is 6.07 Å². The molecule has 0 aliphatic rings. The molecule has 1 nitrogen and oxygen atoms in total. The Labute approximate surface area is 86.6 Å². The summed E-state index contributed by atoms with van der Waals surface area (Å²) in [4.78, 5) is 0. The molecule has 1 rings (SSSR count). The third-order valence-corrected chi connectivity index (χ3v) is 2.22. The molecule has 14 heavy (non-hydrogen) atoms. The van der Waals surface area contributed by atoms with Gasteiger partial charge in [-0.1, -0.05) is 6.92 Å². The van der Waals surface area contributed by atoms with Crippen molar-refractivity contribution in [2.75, 3.05) is 12.5 Å². The first-order valence-corrected chi connectivity index (χ1v) is 4.80. The van der Waals surface area contributed by atoms with Crippen LogP contribution in [0.25, 0.3) is 0 Å². The highest BCUT2D eigenvalue weighted by Gasteiger charge is 2.05. The van der Waals surface area contributed by atoms with Crippen LogP contribution >= 0.6 is 11.6 Å². The zero-order valence-electron chi connectivity index (χ0n) is 7.77. The summed E-state index contributed by atoms with van der Waals surface area (Å²) in [5.74, 6) is -0.793.